The van der Waals surface area contributed by atoms with Gasteiger partial charge in [0.1, 0.15) is 12.7 Å². The van der Waals surface area contributed by atoms with Crippen molar-refractivity contribution in [1.82, 2.24) is 15.5 Å². The Kier molecular flexibility index (Phi) is 10.8. The highest BCUT2D eigenvalue weighted by Crippen LogP contribution is 2.41. The molecule has 0 bridgehead atoms. The Labute approximate surface area is 263 Å². The van der Waals surface area contributed by atoms with Crippen LogP contribution in [0.4, 0.5) is 5.82 Å². The Balaban J connectivity index is 1.21. The van der Waals surface area contributed by atoms with Gasteiger partial charge in [-0.15, -0.1) is 15.3 Å². The van der Waals surface area contributed by atoms with E-state index in [1.54, 1.807) is 26.4 Å². The monoisotopic (exact) mass is 603 g/mol. The zero-order valence-corrected chi connectivity index (χ0v) is 25.4. The molecule has 0 saturated heterocycles. The van der Waals surface area contributed by atoms with E-state index in [1.165, 1.54) is 0 Å². The number of aliphatic hydroxyl groups excluding tert-OH is 1. The molecular formula is C36H37N5O4. The molecule has 0 spiro atoms. The Morgan fingerprint density at radius 1 is 0.733 bits per heavy atom. The van der Waals surface area contributed by atoms with Crippen LogP contribution in [0.2, 0.25) is 0 Å². The molecule has 1 heterocycles. The Morgan fingerprint density at radius 3 is 1.87 bits per heavy atom. The first-order valence-corrected chi connectivity index (χ1v) is 14.8. The molecule has 45 heavy (non-hydrogen) atoms. The molecule has 9 heteroatoms. The third kappa shape index (κ3) is 7.89. The average molecular weight is 604 g/mol. The zero-order chi connectivity index (χ0) is 31.3. The van der Waals surface area contributed by atoms with E-state index >= 15 is 0 Å². The van der Waals surface area contributed by atoms with Gasteiger partial charge in [-0.3, -0.25) is 0 Å². The van der Waals surface area contributed by atoms with Gasteiger partial charge in [0.15, 0.2) is 22.9 Å². The predicted octanol–water partition coefficient (Wildman–Crippen LogP) is 6.14. The molecule has 230 valence electrons. The van der Waals surface area contributed by atoms with Crippen LogP contribution in [-0.2, 0) is 12.0 Å². The highest BCUT2D eigenvalue weighted by Gasteiger charge is 2.36. The second kappa shape index (κ2) is 15.6. The lowest BCUT2D eigenvalue weighted by Crippen LogP contribution is -2.32. The van der Waals surface area contributed by atoms with E-state index in [-0.39, 0.29) is 6.61 Å². The van der Waals surface area contributed by atoms with Crippen LogP contribution in [0.1, 0.15) is 22.3 Å². The molecule has 5 rings (SSSR count). The van der Waals surface area contributed by atoms with E-state index < -0.39 is 11.6 Å². The Hall–Kier alpha value is -5.12. The topological polar surface area (TPSA) is 110 Å². The molecule has 1 unspecified atom stereocenters. The van der Waals surface area contributed by atoms with Gasteiger partial charge in [0.05, 0.1) is 14.2 Å². The van der Waals surface area contributed by atoms with E-state index in [4.69, 9.17) is 19.3 Å². The Bertz CT molecular complexity index is 1540. The highest BCUT2D eigenvalue weighted by atomic mass is 16.5. The molecule has 0 fully saturated rings. The first-order chi connectivity index (χ1) is 22.1. The zero-order valence-electron chi connectivity index (χ0n) is 25.4. The van der Waals surface area contributed by atoms with E-state index in [2.05, 4.69) is 57.0 Å². The van der Waals surface area contributed by atoms with Crippen LogP contribution in [0.25, 0.3) is 0 Å². The van der Waals surface area contributed by atoms with Gasteiger partial charge in [-0.05, 0) is 53.4 Å². The number of hydrogen-bond acceptors (Lipinski definition) is 9. The molecule has 1 aromatic heterocycles. The van der Waals surface area contributed by atoms with Crippen LogP contribution in [0.5, 0.6) is 17.4 Å². The maximum atomic E-state index is 10.4. The van der Waals surface area contributed by atoms with Crippen molar-refractivity contribution >= 4 is 5.82 Å². The molecule has 0 aliphatic carbocycles. The fourth-order valence-corrected chi connectivity index (χ4v) is 5.06. The van der Waals surface area contributed by atoms with Gasteiger partial charge < -0.3 is 24.6 Å². The number of nitrogens with zero attached hydrogens (tertiary/aromatic N) is 4. The molecule has 5 aromatic rings. The van der Waals surface area contributed by atoms with E-state index in [0.717, 1.165) is 28.7 Å². The van der Waals surface area contributed by atoms with Crippen LogP contribution < -0.4 is 19.5 Å². The number of aromatic nitrogens is 2. The number of hydrogen-bond donors (Lipinski definition) is 2. The normalized spacial score (nSPS) is 12.2. The summed E-state index contributed by atoms with van der Waals surface area (Å²) in [5.74, 6) is 2.02. The van der Waals surface area contributed by atoms with Crippen LogP contribution in [0.3, 0.4) is 0 Å². The molecule has 0 saturated carbocycles. The smallest absolute Gasteiger partial charge is 0.233 e. The van der Waals surface area contributed by atoms with Crippen molar-refractivity contribution in [3.8, 4) is 17.4 Å². The first kappa shape index (κ1) is 31.3. The lowest BCUT2D eigenvalue weighted by atomic mass is 9.78. The van der Waals surface area contributed by atoms with Crippen molar-refractivity contribution < 1.29 is 19.3 Å². The molecule has 9 nitrogen and oxygen atoms in total. The first-order valence-electron chi connectivity index (χ1n) is 14.8. The van der Waals surface area contributed by atoms with Crippen LogP contribution >= 0.6 is 0 Å². The van der Waals surface area contributed by atoms with Crippen molar-refractivity contribution in [2.45, 2.75) is 18.1 Å². The van der Waals surface area contributed by atoms with Gasteiger partial charge >= 0.3 is 0 Å². The number of azo groups is 1. The predicted molar refractivity (Wildman–Crippen MR) is 173 cm³/mol. The number of nitrogens with one attached hydrogen (secondary N) is 1. The maximum absolute atomic E-state index is 10.4. The van der Waals surface area contributed by atoms with E-state index in [1.807, 2.05) is 72.8 Å². The number of aliphatic hydroxyl groups is 1. The van der Waals surface area contributed by atoms with E-state index in [9.17, 15) is 5.11 Å². The summed E-state index contributed by atoms with van der Waals surface area (Å²) in [4.78, 5) is 0. The summed E-state index contributed by atoms with van der Waals surface area (Å²) in [5.41, 5.74) is 3.14. The largest absolute Gasteiger partial charge is 0.493 e. The van der Waals surface area contributed by atoms with Crippen molar-refractivity contribution in [2.75, 3.05) is 33.9 Å². The summed E-state index contributed by atoms with van der Waals surface area (Å²) in [7, 11) is 3.23. The molecule has 0 radical (unpaired) electrons. The summed E-state index contributed by atoms with van der Waals surface area (Å²) in [5, 5.41) is 31.5. The molecule has 0 amide bonds. The molecule has 4 aromatic carbocycles. The molecule has 0 aliphatic rings. The van der Waals surface area contributed by atoms with Crippen molar-refractivity contribution in [2.24, 2.45) is 10.2 Å². The quantitative estimate of drug-likeness (QED) is 0.0840. The second-order valence-corrected chi connectivity index (χ2v) is 10.3. The van der Waals surface area contributed by atoms with Gasteiger partial charge in [0.2, 0.25) is 5.88 Å². The maximum Gasteiger partial charge on any atom is 0.233 e. The number of benzene rings is 4. The molecule has 0 aliphatic heterocycles. The summed E-state index contributed by atoms with van der Waals surface area (Å²) >= 11 is 0. The van der Waals surface area contributed by atoms with Crippen LogP contribution in [0, 0.1) is 0 Å². The van der Waals surface area contributed by atoms with Gasteiger partial charge in [0.25, 0.3) is 0 Å². The number of methoxy groups -OCH3 is 2. The fraction of sp³-hybridized carbons (Fsp3) is 0.222. The summed E-state index contributed by atoms with van der Waals surface area (Å²) in [6.07, 6.45) is 0.0509. The lowest BCUT2D eigenvalue weighted by Gasteiger charge is -2.30. The fourth-order valence-electron chi connectivity index (χ4n) is 5.06. The standard InChI is InChI=1S/C36H37N5O4/c1-43-32-19-18-27(24-33(32)44-2)22-23-37-25-31(42)26-45-35-21-20-34(38-40-35)39-41-36(28-12-6-3-7-13-28,29-14-8-4-9-15-29)30-16-10-5-11-17-30/h3-21,24,31,37,42H,22-23,25-26H2,1-2H3. The minimum Gasteiger partial charge on any atom is -0.493 e. The number of ether oxygens (including phenoxy) is 3. The highest BCUT2D eigenvalue weighted by molar-refractivity contribution is 5.50. The van der Waals surface area contributed by atoms with E-state index in [0.29, 0.717) is 36.3 Å². The average Bonchev–Trinajstić information content (AvgIpc) is 3.11. The number of rotatable bonds is 15. The van der Waals surface area contributed by atoms with Crippen LogP contribution in [-0.4, -0.2) is 55.3 Å². The van der Waals surface area contributed by atoms with Crippen molar-refractivity contribution in [3.05, 3.63) is 144 Å². The summed E-state index contributed by atoms with van der Waals surface area (Å²) in [6.45, 7) is 1.12. The van der Waals surface area contributed by atoms with Gasteiger partial charge in [-0.1, -0.05) is 97.1 Å². The Morgan fingerprint density at radius 2 is 1.33 bits per heavy atom. The summed E-state index contributed by atoms with van der Waals surface area (Å²) < 4.78 is 16.3. The van der Waals surface area contributed by atoms with Gasteiger partial charge in [-0.25, -0.2) is 0 Å². The molecular weight excluding hydrogens is 566 g/mol. The van der Waals surface area contributed by atoms with Crippen LogP contribution in [0.15, 0.2) is 132 Å². The second-order valence-electron chi connectivity index (χ2n) is 10.3. The van der Waals surface area contributed by atoms with Crippen molar-refractivity contribution in [3.63, 3.8) is 0 Å². The lowest BCUT2D eigenvalue weighted by molar-refractivity contribution is 0.103. The third-order valence-corrected chi connectivity index (χ3v) is 7.35. The third-order valence-electron chi connectivity index (χ3n) is 7.35. The molecule has 2 N–H and O–H groups in total. The summed E-state index contributed by atoms with van der Waals surface area (Å²) in [6, 6.07) is 39.5. The molecule has 1 atom stereocenters. The SMILES string of the molecule is COc1ccc(CCNCC(O)COc2ccc(N=NC(c3ccccc3)(c3ccccc3)c3ccccc3)nn2)cc1OC. The van der Waals surface area contributed by atoms with Crippen molar-refractivity contribution in [1.29, 1.82) is 0 Å². The minimum atomic E-state index is -0.892. The minimum absolute atomic E-state index is 0.0675. The van der Waals surface area contributed by atoms with Gasteiger partial charge in [-0.2, -0.15) is 5.11 Å². The van der Waals surface area contributed by atoms with Gasteiger partial charge in [0, 0.05) is 12.6 Å².